The lowest BCUT2D eigenvalue weighted by atomic mass is 10.4. The number of aryl methyl sites for hydroxylation is 1. The van der Waals surface area contributed by atoms with Gasteiger partial charge in [-0.15, -0.1) is 0 Å². The molecule has 0 N–H and O–H groups in total. The molecule has 1 aromatic rings. The average molecular weight is 363 g/mol. The Labute approximate surface area is 118 Å². The van der Waals surface area contributed by atoms with E-state index < -0.39 is 0 Å². The van der Waals surface area contributed by atoms with Crippen LogP contribution in [-0.2, 0) is 16.1 Å². The fraction of sp³-hybridized carbons (Fsp3) is 0.545. The highest BCUT2D eigenvalue weighted by Gasteiger charge is 2.18. The van der Waals surface area contributed by atoms with Gasteiger partial charge >= 0.3 is 0 Å². The standard InChI is InChI=1S/C11H14IN3O3/c1-8-10(12)11(17)15(7-13-8)6-9(16)14-2-4-18-5-3-14/h7H,2-6H2,1H3. The Balaban J connectivity index is 2.12. The van der Waals surface area contributed by atoms with Crippen LogP contribution < -0.4 is 5.56 Å². The van der Waals surface area contributed by atoms with Crippen molar-refractivity contribution in [2.75, 3.05) is 26.3 Å². The van der Waals surface area contributed by atoms with Crippen LogP contribution in [0.2, 0.25) is 0 Å². The van der Waals surface area contributed by atoms with Crippen molar-refractivity contribution in [1.29, 1.82) is 0 Å². The Morgan fingerprint density at radius 3 is 2.83 bits per heavy atom. The topological polar surface area (TPSA) is 64.4 Å². The van der Waals surface area contributed by atoms with Crippen LogP contribution in [-0.4, -0.2) is 46.7 Å². The highest BCUT2D eigenvalue weighted by atomic mass is 127. The summed E-state index contributed by atoms with van der Waals surface area (Å²) >= 11 is 1.96. The van der Waals surface area contributed by atoms with E-state index in [-0.39, 0.29) is 18.0 Å². The molecule has 1 aliphatic rings. The van der Waals surface area contributed by atoms with Crippen LogP contribution in [0.1, 0.15) is 5.69 Å². The number of hydrogen-bond acceptors (Lipinski definition) is 4. The number of amides is 1. The Morgan fingerprint density at radius 2 is 2.17 bits per heavy atom. The molecular weight excluding hydrogens is 349 g/mol. The maximum atomic E-state index is 12.0. The van der Waals surface area contributed by atoms with Crippen molar-refractivity contribution in [3.63, 3.8) is 0 Å². The molecule has 0 bridgehead atoms. The fourth-order valence-corrected chi connectivity index (χ4v) is 2.17. The van der Waals surface area contributed by atoms with Gasteiger partial charge in [-0.3, -0.25) is 14.2 Å². The summed E-state index contributed by atoms with van der Waals surface area (Å²) in [5.41, 5.74) is 0.528. The van der Waals surface area contributed by atoms with Gasteiger partial charge in [0.1, 0.15) is 6.54 Å². The van der Waals surface area contributed by atoms with Crippen molar-refractivity contribution >= 4 is 28.5 Å². The van der Waals surface area contributed by atoms with Gasteiger partial charge in [0.15, 0.2) is 0 Å². The van der Waals surface area contributed by atoms with Crippen LogP contribution in [0, 0.1) is 10.5 Å². The summed E-state index contributed by atoms with van der Waals surface area (Å²) in [7, 11) is 0. The average Bonchev–Trinajstić information content (AvgIpc) is 2.40. The van der Waals surface area contributed by atoms with Crippen LogP contribution in [0.5, 0.6) is 0 Å². The van der Waals surface area contributed by atoms with Gasteiger partial charge in [0.2, 0.25) is 5.91 Å². The second-order valence-corrected chi connectivity index (χ2v) is 5.15. The van der Waals surface area contributed by atoms with Gasteiger partial charge in [-0.25, -0.2) is 4.98 Å². The molecular formula is C11H14IN3O3. The van der Waals surface area contributed by atoms with Gasteiger partial charge in [-0.05, 0) is 29.5 Å². The van der Waals surface area contributed by atoms with E-state index in [1.807, 2.05) is 22.6 Å². The summed E-state index contributed by atoms with van der Waals surface area (Å²) in [4.78, 5) is 29.7. The van der Waals surface area contributed by atoms with E-state index in [4.69, 9.17) is 4.74 Å². The third-order valence-corrected chi connectivity index (χ3v) is 4.07. The summed E-state index contributed by atoms with van der Waals surface area (Å²) < 4.78 is 7.10. The van der Waals surface area contributed by atoms with Crippen molar-refractivity contribution in [3.05, 3.63) is 25.9 Å². The highest BCUT2D eigenvalue weighted by molar-refractivity contribution is 14.1. The first-order chi connectivity index (χ1) is 8.59. The molecule has 98 valence electrons. The van der Waals surface area contributed by atoms with E-state index in [1.54, 1.807) is 11.8 Å². The Kier molecular flexibility index (Phi) is 4.33. The summed E-state index contributed by atoms with van der Waals surface area (Å²) in [6, 6.07) is 0. The lowest BCUT2D eigenvalue weighted by Crippen LogP contribution is -2.43. The molecule has 2 rings (SSSR count). The van der Waals surface area contributed by atoms with E-state index in [2.05, 4.69) is 4.98 Å². The van der Waals surface area contributed by atoms with Crippen molar-refractivity contribution in [1.82, 2.24) is 14.5 Å². The van der Waals surface area contributed by atoms with Crippen LogP contribution in [0.3, 0.4) is 0 Å². The molecule has 0 saturated carbocycles. The minimum absolute atomic E-state index is 0.0438. The summed E-state index contributed by atoms with van der Waals surface area (Å²) in [5.74, 6) is -0.0677. The number of hydrogen-bond donors (Lipinski definition) is 0. The first-order valence-corrected chi connectivity index (χ1v) is 6.74. The third kappa shape index (κ3) is 2.89. The Morgan fingerprint density at radius 1 is 1.50 bits per heavy atom. The van der Waals surface area contributed by atoms with E-state index in [1.165, 1.54) is 10.9 Å². The van der Waals surface area contributed by atoms with E-state index in [0.717, 1.165) is 0 Å². The summed E-state index contributed by atoms with van der Waals surface area (Å²) in [6.45, 7) is 4.11. The Hall–Kier alpha value is -0.960. The lowest BCUT2D eigenvalue weighted by Gasteiger charge is -2.27. The van der Waals surface area contributed by atoms with E-state index in [0.29, 0.717) is 35.6 Å². The second-order valence-electron chi connectivity index (χ2n) is 4.07. The predicted octanol–water partition coefficient (Wildman–Crippen LogP) is 0.0151. The molecule has 0 aromatic carbocycles. The number of morpholine rings is 1. The van der Waals surface area contributed by atoms with Crippen LogP contribution >= 0.6 is 22.6 Å². The first-order valence-electron chi connectivity index (χ1n) is 5.66. The molecule has 1 amide bonds. The molecule has 1 fully saturated rings. The molecule has 0 atom stereocenters. The van der Waals surface area contributed by atoms with E-state index in [9.17, 15) is 9.59 Å². The summed E-state index contributed by atoms with van der Waals surface area (Å²) in [5, 5.41) is 0. The SMILES string of the molecule is Cc1ncn(CC(=O)N2CCOCC2)c(=O)c1I. The van der Waals surface area contributed by atoms with Crippen molar-refractivity contribution in [3.8, 4) is 0 Å². The molecule has 0 unspecified atom stereocenters. The first kappa shape index (κ1) is 13.5. The molecule has 1 saturated heterocycles. The van der Waals surface area contributed by atoms with Crippen LogP contribution in [0.25, 0.3) is 0 Å². The second kappa shape index (κ2) is 5.79. The Bertz CT molecular complexity index is 509. The molecule has 18 heavy (non-hydrogen) atoms. The van der Waals surface area contributed by atoms with Gasteiger partial charge in [-0.2, -0.15) is 0 Å². The van der Waals surface area contributed by atoms with E-state index >= 15 is 0 Å². The largest absolute Gasteiger partial charge is 0.378 e. The molecule has 0 aliphatic carbocycles. The maximum absolute atomic E-state index is 12.0. The maximum Gasteiger partial charge on any atom is 0.267 e. The fourth-order valence-electron chi connectivity index (χ4n) is 1.72. The van der Waals surface area contributed by atoms with Gasteiger partial charge in [0.05, 0.1) is 28.8 Å². The molecule has 6 nitrogen and oxygen atoms in total. The third-order valence-electron chi connectivity index (χ3n) is 2.83. The monoisotopic (exact) mass is 363 g/mol. The number of rotatable bonds is 2. The van der Waals surface area contributed by atoms with Gasteiger partial charge in [0, 0.05) is 13.1 Å². The number of halogens is 1. The summed E-state index contributed by atoms with van der Waals surface area (Å²) in [6.07, 6.45) is 1.43. The van der Waals surface area contributed by atoms with Crippen LogP contribution in [0.4, 0.5) is 0 Å². The molecule has 0 radical (unpaired) electrons. The zero-order valence-corrected chi connectivity index (χ0v) is 12.2. The van der Waals surface area contributed by atoms with Crippen molar-refractivity contribution in [2.24, 2.45) is 0 Å². The minimum atomic E-state index is -0.162. The van der Waals surface area contributed by atoms with Crippen molar-refractivity contribution < 1.29 is 9.53 Å². The zero-order valence-electron chi connectivity index (χ0n) is 10.1. The van der Waals surface area contributed by atoms with Crippen molar-refractivity contribution in [2.45, 2.75) is 13.5 Å². The molecule has 1 aliphatic heterocycles. The molecule has 0 spiro atoms. The zero-order chi connectivity index (χ0) is 13.1. The lowest BCUT2D eigenvalue weighted by molar-refractivity contribution is -0.135. The normalized spacial score (nSPS) is 15.8. The van der Waals surface area contributed by atoms with Crippen LogP contribution in [0.15, 0.2) is 11.1 Å². The minimum Gasteiger partial charge on any atom is -0.378 e. The molecule has 7 heteroatoms. The number of ether oxygens (including phenoxy) is 1. The predicted molar refractivity (Wildman–Crippen MR) is 73.4 cm³/mol. The van der Waals surface area contributed by atoms with Gasteiger partial charge in [0.25, 0.3) is 5.56 Å². The molecule has 2 heterocycles. The van der Waals surface area contributed by atoms with Gasteiger partial charge in [-0.1, -0.05) is 0 Å². The number of carbonyl (C=O) groups excluding carboxylic acids is 1. The quantitative estimate of drug-likeness (QED) is 0.695. The smallest absolute Gasteiger partial charge is 0.267 e. The number of nitrogens with zero attached hydrogens (tertiary/aromatic N) is 3. The van der Waals surface area contributed by atoms with Gasteiger partial charge < -0.3 is 9.64 Å². The number of aromatic nitrogens is 2. The molecule has 1 aromatic heterocycles. The highest BCUT2D eigenvalue weighted by Crippen LogP contribution is 2.03. The number of carbonyl (C=O) groups is 1.